The van der Waals surface area contributed by atoms with Crippen LogP contribution in [0, 0.1) is 5.82 Å². The van der Waals surface area contributed by atoms with Crippen LogP contribution in [-0.4, -0.2) is 33.2 Å². The average Bonchev–Trinajstić information content (AvgIpc) is 2.26. The highest BCUT2D eigenvalue weighted by molar-refractivity contribution is 5.80. The van der Waals surface area contributed by atoms with E-state index in [0.717, 1.165) is 4.90 Å². The quantitative estimate of drug-likeness (QED) is 0.774. The fourth-order valence-corrected chi connectivity index (χ4v) is 1.97. The minimum absolute atomic E-state index is 0.00523. The van der Waals surface area contributed by atoms with E-state index in [0.29, 0.717) is 11.1 Å². The molecule has 0 fully saturated rings. The number of hydrogen-bond donors (Lipinski definition) is 2. The second-order valence-corrected chi connectivity index (χ2v) is 3.88. The summed E-state index contributed by atoms with van der Waals surface area (Å²) in [6.07, 6.45) is -1.29. The number of carboxylic acid groups (broad SMARTS) is 2. The molecule has 1 aromatic carbocycles. The summed E-state index contributed by atoms with van der Waals surface area (Å²) in [7, 11) is 0. The molecule has 0 radical (unpaired) electrons. The Bertz CT molecular complexity index is 488. The van der Waals surface area contributed by atoms with Crippen molar-refractivity contribution in [1.82, 2.24) is 4.90 Å². The van der Waals surface area contributed by atoms with Crippen molar-refractivity contribution in [3.05, 3.63) is 35.1 Å². The standard InChI is InChI=1S/C11H10FNO4/c12-8-2-1-6-5-13(11(16)17)9(10(14)15)4-7(6)3-8/h1-3,9H,4-5H2,(H,14,15)(H,16,17). The lowest BCUT2D eigenvalue weighted by atomic mass is 9.94. The highest BCUT2D eigenvalue weighted by Gasteiger charge is 2.34. The van der Waals surface area contributed by atoms with Gasteiger partial charge in [0.25, 0.3) is 0 Å². The van der Waals surface area contributed by atoms with Gasteiger partial charge in [-0.2, -0.15) is 0 Å². The van der Waals surface area contributed by atoms with E-state index in [4.69, 9.17) is 10.2 Å². The average molecular weight is 239 g/mol. The minimum atomic E-state index is -1.28. The molecule has 1 atom stereocenters. The smallest absolute Gasteiger partial charge is 0.408 e. The van der Waals surface area contributed by atoms with Crippen LogP contribution in [0.1, 0.15) is 11.1 Å². The third-order valence-electron chi connectivity index (χ3n) is 2.83. The maximum absolute atomic E-state index is 13.0. The van der Waals surface area contributed by atoms with Gasteiger partial charge < -0.3 is 10.2 Å². The van der Waals surface area contributed by atoms with Crippen LogP contribution < -0.4 is 0 Å². The van der Waals surface area contributed by atoms with Gasteiger partial charge in [0, 0.05) is 6.42 Å². The summed E-state index contributed by atoms with van der Waals surface area (Å²) in [5.41, 5.74) is 1.20. The van der Waals surface area contributed by atoms with E-state index in [2.05, 4.69) is 0 Å². The summed E-state index contributed by atoms with van der Waals surface area (Å²) in [6, 6.07) is 2.82. The number of halogens is 1. The van der Waals surface area contributed by atoms with E-state index in [9.17, 15) is 14.0 Å². The van der Waals surface area contributed by atoms with Gasteiger partial charge in [0.1, 0.15) is 11.9 Å². The molecule has 17 heavy (non-hydrogen) atoms. The van der Waals surface area contributed by atoms with Crippen molar-refractivity contribution >= 4 is 12.1 Å². The van der Waals surface area contributed by atoms with Crippen molar-refractivity contribution in [2.24, 2.45) is 0 Å². The van der Waals surface area contributed by atoms with Gasteiger partial charge in [-0.1, -0.05) is 6.07 Å². The number of nitrogens with zero attached hydrogens (tertiary/aromatic N) is 1. The van der Waals surface area contributed by atoms with Gasteiger partial charge in [0.2, 0.25) is 0 Å². The summed E-state index contributed by atoms with van der Waals surface area (Å²) in [6.45, 7) is -0.0259. The molecule has 0 saturated heterocycles. The zero-order chi connectivity index (χ0) is 12.6. The van der Waals surface area contributed by atoms with E-state index < -0.39 is 23.9 Å². The summed E-state index contributed by atoms with van der Waals surface area (Å²) in [5.74, 6) is -1.67. The highest BCUT2D eigenvalue weighted by Crippen LogP contribution is 2.24. The molecular formula is C11H10FNO4. The Labute approximate surface area is 96.1 Å². The number of benzene rings is 1. The molecule has 90 valence electrons. The van der Waals surface area contributed by atoms with Gasteiger partial charge in [-0.3, -0.25) is 4.90 Å². The van der Waals surface area contributed by atoms with Crippen molar-refractivity contribution in [3.8, 4) is 0 Å². The fraction of sp³-hybridized carbons (Fsp3) is 0.273. The number of aliphatic carboxylic acids is 1. The Kier molecular flexibility index (Phi) is 2.71. The summed E-state index contributed by atoms with van der Waals surface area (Å²) in [5, 5.41) is 17.9. The third-order valence-corrected chi connectivity index (χ3v) is 2.83. The van der Waals surface area contributed by atoms with Gasteiger partial charge in [0.15, 0.2) is 0 Å². The summed E-state index contributed by atoms with van der Waals surface area (Å²) in [4.78, 5) is 22.7. The molecule has 0 aromatic heterocycles. The fourth-order valence-electron chi connectivity index (χ4n) is 1.97. The summed E-state index contributed by atoms with van der Waals surface area (Å²) >= 11 is 0. The maximum atomic E-state index is 13.0. The maximum Gasteiger partial charge on any atom is 0.408 e. The lowest BCUT2D eigenvalue weighted by molar-refractivity contribution is -0.143. The van der Waals surface area contributed by atoms with Gasteiger partial charge in [-0.25, -0.2) is 14.0 Å². The zero-order valence-corrected chi connectivity index (χ0v) is 8.76. The van der Waals surface area contributed by atoms with E-state index in [1.807, 2.05) is 0 Å². The Hall–Kier alpha value is -2.11. The first-order chi connectivity index (χ1) is 7.99. The van der Waals surface area contributed by atoms with Crippen LogP contribution in [0.5, 0.6) is 0 Å². The zero-order valence-electron chi connectivity index (χ0n) is 8.76. The predicted octanol–water partition coefficient (Wildman–Crippen LogP) is 1.31. The van der Waals surface area contributed by atoms with Crippen molar-refractivity contribution in [2.45, 2.75) is 19.0 Å². The van der Waals surface area contributed by atoms with Crippen LogP contribution in [0.4, 0.5) is 9.18 Å². The Morgan fingerprint density at radius 3 is 2.59 bits per heavy atom. The van der Waals surface area contributed by atoms with Gasteiger partial charge >= 0.3 is 12.1 Å². The molecule has 5 nitrogen and oxygen atoms in total. The highest BCUT2D eigenvalue weighted by atomic mass is 19.1. The SMILES string of the molecule is O=C(O)C1Cc2cc(F)ccc2CN1C(=O)O. The molecule has 1 amide bonds. The van der Waals surface area contributed by atoms with E-state index in [1.165, 1.54) is 18.2 Å². The number of amides is 1. The largest absolute Gasteiger partial charge is 0.480 e. The van der Waals surface area contributed by atoms with Crippen molar-refractivity contribution in [3.63, 3.8) is 0 Å². The van der Waals surface area contributed by atoms with Crippen LogP contribution in [0.15, 0.2) is 18.2 Å². The van der Waals surface area contributed by atoms with Gasteiger partial charge in [0.05, 0.1) is 6.54 Å². The van der Waals surface area contributed by atoms with Crippen molar-refractivity contribution in [2.75, 3.05) is 0 Å². The molecule has 0 aliphatic carbocycles. The van der Waals surface area contributed by atoms with Crippen LogP contribution in [-0.2, 0) is 17.8 Å². The molecule has 0 saturated carbocycles. The Morgan fingerprint density at radius 2 is 2.00 bits per heavy atom. The van der Waals surface area contributed by atoms with Gasteiger partial charge in [-0.15, -0.1) is 0 Å². The molecule has 2 rings (SSSR count). The summed E-state index contributed by atoms with van der Waals surface area (Å²) < 4.78 is 13.0. The molecule has 1 aliphatic rings. The number of fused-ring (bicyclic) bond motifs is 1. The number of carbonyl (C=O) groups is 2. The molecule has 0 bridgehead atoms. The molecule has 1 aliphatic heterocycles. The number of carboxylic acids is 1. The minimum Gasteiger partial charge on any atom is -0.480 e. The Morgan fingerprint density at radius 1 is 1.29 bits per heavy atom. The monoisotopic (exact) mass is 239 g/mol. The molecule has 2 N–H and O–H groups in total. The topological polar surface area (TPSA) is 77.8 Å². The number of hydrogen-bond acceptors (Lipinski definition) is 2. The first kappa shape index (κ1) is 11.4. The lowest BCUT2D eigenvalue weighted by Crippen LogP contribution is -2.48. The lowest BCUT2D eigenvalue weighted by Gasteiger charge is -2.32. The van der Waals surface area contributed by atoms with Crippen LogP contribution in [0.2, 0.25) is 0 Å². The van der Waals surface area contributed by atoms with Crippen LogP contribution in [0.25, 0.3) is 0 Å². The van der Waals surface area contributed by atoms with Crippen molar-refractivity contribution in [1.29, 1.82) is 0 Å². The molecule has 0 spiro atoms. The van der Waals surface area contributed by atoms with E-state index in [-0.39, 0.29) is 13.0 Å². The molecule has 1 aromatic rings. The first-order valence-electron chi connectivity index (χ1n) is 4.98. The Balaban J connectivity index is 2.39. The van der Waals surface area contributed by atoms with Gasteiger partial charge in [-0.05, 0) is 23.3 Å². The molecule has 1 unspecified atom stereocenters. The predicted molar refractivity (Wildman–Crippen MR) is 55.1 cm³/mol. The van der Waals surface area contributed by atoms with Crippen molar-refractivity contribution < 1.29 is 24.2 Å². The van der Waals surface area contributed by atoms with E-state index in [1.54, 1.807) is 0 Å². The second-order valence-electron chi connectivity index (χ2n) is 3.88. The second kappa shape index (κ2) is 4.04. The van der Waals surface area contributed by atoms with E-state index >= 15 is 0 Å². The third kappa shape index (κ3) is 2.06. The first-order valence-corrected chi connectivity index (χ1v) is 4.98. The molecular weight excluding hydrogens is 229 g/mol. The van der Waals surface area contributed by atoms with Crippen LogP contribution >= 0.6 is 0 Å². The van der Waals surface area contributed by atoms with Crippen LogP contribution in [0.3, 0.4) is 0 Å². The molecule has 6 heteroatoms. The normalized spacial score (nSPS) is 18.6. The number of rotatable bonds is 1. The molecule has 1 heterocycles.